The van der Waals surface area contributed by atoms with Crippen molar-refractivity contribution in [3.05, 3.63) is 46.4 Å². The van der Waals surface area contributed by atoms with Crippen LogP contribution in [0.2, 0.25) is 0 Å². The van der Waals surface area contributed by atoms with Gasteiger partial charge < -0.3 is 9.30 Å². The average molecular weight is 312 g/mol. The van der Waals surface area contributed by atoms with Crippen molar-refractivity contribution in [1.82, 2.24) is 18.9 Å². The number of morpholine rings is 1. The van der Waals surface area contributed by atoms with Crippen LogP contribution in [0.25, 0.3) is 16.8 Å². The molecule has 0 saturated carbocycles. The predicted octanol–water partition coefficient (Wildman–Crippen LogP) is 1.29. The molecule has 120 valence electrons. The van der Waals surface area contributed by atoms with Gasteiger partial charge in [-0.3, -0.25) is 9.69 Å². The van der Waals surface area contributed by atoms with Gasteiger partial charge >= 0.3 is 0 Å². The Morgan fingerprint density at radius 1 is 1.17 bits per heavy atom. The second-order valence-corrected chi connectivity index (χ2v) is 5.97. The Hall–Kier alpha value is -2.18. The molecule has 2 aromatic heterocycles. The number of para-hydroxylation sites is 2. The summed E-state index contributed by atoms with van der Waals surface area (Å²) in [4.78, 5) is 19.5. The lowest BCUT2D eigenvalue weighted by Crippen LogP contribution is -2.38. The summed E-state index contributed by atoms with van der Waals surface area (Å²) in [5, 5.41) is 0. The number of fused-ring (bicyclic) bond motifs is 3. The molecular weight excluding hydrogens is 292 g/mol. The second-order valence-electron chi connectivity index (χ2n) is 5.97. The molecule has 23 heavy (non-hydrogen) atoms. The molecular formula is C17H20N4O2. The number of aromatic nitrogens is 3. The van der Waals surface area contributed by atoms with Gasteiger partial charge in [0.1, 0.15) is 0 Å². The molecule has 6 nitrogen and oxygen atoms in total. The minimum atomic E-state index is -0.0196. The van der Waals surface area contributed by atoms with Gasteiger partial charge in [0.15, 0.2) is 0 Å². The van der Waals surface area contributed by atoms with Crippen LogP contribution in [-0.4, -0.2) is 51.7 Å². The summed E-state index contributed by atoms with van der Waals surface area (Å²) in [6, 6.07) is 9.47. The van der Waals surface area contributed by atoms with Crippen molar-refractivity contribution in [2.24, 2.45) is 0 Å². The third kappa shape index (κ3) is 2.54. The first kappa shape index (κ1) is 14.4. The zero-order valence-electron chi connectivity index (χ0n) is 13.2. The number of imidazole rings is 1. The molecule has 3 heterocycles. The highest BCUT2D eigenvalue weighted by Gasteiger charge is 2.14. The maximum atomic E-state index is 12.4. The van der Waals surface area contributed by atoms with Crippen molar-refractivity contribution < 1.29 is 4.74 Å². The van der Waals surface area contributed by atoms with Crippen LogP contribution in [0, 0.1) is 6.92 Å². The predicted molar refractivity (Wildman–Crippen MR) is 89.0 cm³/mol. The van der Waals surface area contributed by atoms with E-state index in [4.69, 9.17) is 4.74 Å². The van der Waals surface area contributed by atoms with E-state index in [-0.39, 0.29) is 5.56 Å². The smallest absolute Gasteiger partial charge is 0.259 e. The van der Waals surface area contributed by atoms with Crippen LogP contribution in [0.4, 0.5) is 0 Å². The Morgan fingerprint density at radius 2 is 1.96 bits per heavy atom. The Kier molecular flexibility index (Phi) is 3.63. The molecule has 4 rings (SSSR count). The van der Waals surface area contributed by atoms with Crippen LogP contribution in [0.1, 0.15) is 5.69 Å². The molecule has 1 aliphatic heterocycles. The molecule has 6 heteroatoms. The fourth-order valence-corrected chi connectivity index (χ4v) is 3.23. The number of rotatable bonds is 3. The van der Waals surface area contributed by atoms with Gasteiger partial charge in [-0.25, -0.2) is 9.38 Å². The van der Waals surface area contributed by atoms with Crippen LogP contribution in [0.15, 0.2) is 35.1 Å². The molecule has 0 spiro atoms. The molecule has 0 radical (unpaired) electrons. The highest BCUT2D eigenvalue weighted by atomic mass is 16.5. The van der Waals surface area contributed by atoms with Crippen molar-refractivity contribution in [2.75, 3.05) is 32.8 Å². The molecule has 0 unspecified atom stereocenters. The molecule has 1 aliphatic rings. The monoisotopic (exact) mass is 312 g/mol. The van der Waals surface area contributed by atoms with E-state index in [2.05, 4.69) is 14.5 Å². The minimum absolute atomic E-state index is 0.0196. The second kappa shape index (κ2) is 5.79. The third-order valence-corrected chi connectivity index (χ3v) is 4.51. The summed E-state index contributed by atoms with van der Waals surface area (Å²) >= 11 is 0. The van der Waals surface area contributed by atoms with Crippen molar-refractivity contribution >= 4 is 16.8 Å². The largest absolute Gasteiger partial charge is 0.379 e. The topological polar surface area (TPSA) is 51.8 Å². The Bertz CT molecular complexity index is 906. The van der Waals surface area contributed by atoms with E-state index in [1.807, 2.05) is 31.2 Å². The van der Waals surface area contributed by atoms with E-state index < -0.39 is 0 Å². The minimum Gasteiger partial charge on any atom is -0.379 e. The van der Waals surface area contributed by atoms with Crippen molar-refractivity contribution in [2.45, 2.75) is 13.5 Å². The zero-order chi connectivity index (χ0) is 15.8. The van der Waals surface area contributed by atoms with E-state index in [0.29, 0.717) is 0 Å². The third-order valence-electron chi connectivity index (χ3n) is 4.51. The normalized spacial score (nSPS) is 16.4. The first-order chi connectivity index (χ1) is 11.2. The van der Waals surface area contributed by atoms with Gasteiger partial charge in [0.25, 0.3) is 5.56 Å². The maximum Gasteiger partial charge on any atom is 0.259 e. The van der Waals surface area contributed by atoms with Gasteiger partial charge in [0.05, 0.1) is 24.2 Å². The number of benzene rings is 1. The van der Waals surface area contributed by atoms with E-state index in [9.17, 15) is 4.79 Å². The van der Waals surface area contributed by atoms with Gasteiger partial charge in [0, 0.05) is 37.9 Å². The molecule has 3 aromatic rings. The highest BCUT2D eigenvalue weighted by molar-refractivity contribution is 5.79. The average Bonchev–Trinajstić information content (AvgIpc) is 2.95. The molecule has 1 saturated heterocycles. The van der Waals surface area contributed by atoms with E-state index in [1.54, 1.807) is 10.5 Å². The number of ether oxygens (including phenoxy) is 1. The molecule has 0 aliphatic carbocycles. The lowest BCUT2D eigenvalue weighted by atomic mass is 10.3. The van der Waals surface area contributed by atoms with Gasteiger partial charge in [-0.2, -0.15) is 0 Å². The quantitative estimate of drug-likeness (QED) is 0.731. The Balaban J connectivity index is 1.77. The van der Waals surface area contributed by atoms with Crippen LogP contribution in [0.5, 0.6) is 0 Å². The van der Waals surface area contributed by atoms with Crippen LogP contribution >= 0.6 is 0 Å². The maximum absolute atomic E-state index is 12.4. The summed E-state index contributed by atoms with van der Waals surface area (Å²) < 4.78 is 9.24. The molecule has 0 N–H and O–H groups in total. The standard InChI is InChI=1S/C17H20N4O2/c1-13-12-16(22)21-15-5-3-2-4-14(15)18-17(21)20(13)7-6-19-8-10-23-11-9-19/h2-5,12H,6-11H2,1H3. The van der Waals surface area contributed by atoms with Gasteiger partial charge in [0.2, 0.25) is 5.78 Å². The van der Waals surface area contributed by atoms with Gasteiger partial charge in [-0.05, 0) is 19.1 Å². The van der Waals surface area contributed by atoms with E-state index >= 15 is 0 Å². The van der Waals surface area contributed by atoms with Crippen LogP contribution in [-0.2, 0) is 11.3 Å². The van der Waals surface area contributed by atoms with Crippen molar-refractivity contribution in [1.29, 1.82) is 0 Å². The molecule has 0 bridgehead atoms. The lowest BCUT2D eigenvalue weighted by molar-refractivity contribution is 0.0364. The summed E-state index contributed by atoms with van der Waals surface area (Å²) in [6.45, 7) is 7.25. The number of nitrogens with zero attached hydrogens (tertiary/aromatic N) is 4. The first-order valence-electron chi connectivity index (χ1n) is 8.02. The van der Waals surface area contributed by atoms with Crippen LogP contribution in [0.3, 0.4) is 0 Å². The SMILES string of the molecule is Cc1cc(=O)n2c3ccccc3nc2n1CCN1CCOCC1. The van der Waals surface area contributed by atoms with Crippen LogP contribution < -0.4 is 5.56 Å². The van der Waals surface area contributed by atoms with Gasteiger partial charge in [-0.1, -0.05) is 12.1 Å². The van der Waals surface area contributed by atoms with Gasteiger partial charge in [-0.15, -0.1) is 0 Å². The van der Waals surface area contributed by atoms with Crippen molar-refractivity contribution in [3.63, 3.8) is 0 Å². The Morgan fingerprint density at radius 3 is 2.78 bits per heavy atom. The summed E-state index contributed by atoms with van der Waals surface area (Å²) in [7, 11) is 0. The first-order valence-corrected chi connectivity index (χ1v) is 8.02. The number of aryl methyl sites for hydroxylation is 1. The lowest BCUT2D eigenvalue weighted by Gasteiger charge is -2.27. The highest BCUT2D eigenvalue weighted by Crippen LogP contribution is 2.15. The fourth-order valence-electron chi connectivity index (χ4n) is 3.23. The molecule has 0 atom stereocenters. The molecule has 0 amide bonds. The van der Waals surface area contributed by atoms with E-state index in [1.165, 1.54) is 0 Å². The summed E-state index contributed by atoms with van der Waals surface area (Å²) in [5.74, 6) is 0.726. The molecule has 1 fully saturated rings. The number of hydrogen-bond donors (Lipinski definition) is 0. The summed E-state index contributed by atoms with van der Waals surface area (Å²) in [5.41, 5.74) is 2.66. The van der Waals surface area contributed by atoms with Crippen molar-refractivity contribution in [3.8, 4) is 0 Å². The zero-order valence-corrected chi connectivity index (χ0v) is 13.2. The van der Waals surface area contributed by atoms with E-state index in [0.717, 1.165) is 61.9 Å². The Labute approximate surface area is 133 Å². The number of hydrogen-bond acceptors (Lipinski definition) is 4. The fraction of sp³-hybridized carbons (Fsp3) is 0.412. The molecule has 1 aromatic carbocycles. The summed E-state index contributed by atoms with van der Waals surface area (Å²) in [6.07, 6.45) is 0.